The first-order chi connectivity index (χ1) is 9.81. The Hall–Kier alpha value is -2.68. The molecule has 1 aliphatic rings. The number of fused-ring (bicyclic) bond motifs is 2. The number of carbonyl (C=O) groups excluding carboxylic acids is 1. The summed E-state index contributed by atoms with van der Waals surface area (Å²) in [5, 5.41) is 1.81. The minimum absolute atomic E-state index is 0.0213. The lowest BCUT2D eigenvalue weighted by atomic mass is 9.85. The van der Waals surface area contributed by atoms with E-state index < -0.39 is 0 Å². The summed E-state index contributed by atoms with van der Waals surface area (Å²) in [7, 11) is 1.64. The number of ether oxygens (including phenoxy) is 1. The van der Waals surface area contributed by atoms with Crippen molar-refractivity contribution >= 4 is 16.6 Å². The number of nitrogens with zero attached hydrogens (tertiary/aromatic N) is 1. The second-order valence-electron chi connectivity index (χ2n) is 4.77. The van der Waals surface area contributed by atoms with Gasteiger partial charge in [-0.1, -0.05) is 24.3 Å². The number of benzene rings is 2. The quantitative estimate of drug-likeness (QED) is 0.526. The highest BCUT2D eigenvalue weighted by molar-refractivity contribution is 6.25. The highest BCUT2D eigenvalue weighted by Crippen LogP contribution is 2.41. The van der Waals surface area contributed by atoms with Gasteiger partial charge in [-0.3, -0.25) is 9.78 Å². The van der Waals surface area contributed by atoms with Crippen LogP contribution in [-0.4, -0.2) is 17.9 Å². The van der Waals surface area contributed by atoms with Gasteiger partial charge in [0.15, 0.2) is 0 Å². The van der Waals surface area contributed by atoms with Crippen LogP contribution in [0.25, 0.3) is 21.9 Å². The first-order valence-corrected chi connectivity index (χ1v) is 6.41. The molecule has 3 aromatic rings. The van der Waals surface area contributed by atoms with Gasteiger partial charge in [0.05, 0.1) is 7.11 Å². The summed E-state index contributed by atoms with van der Waals surface area (Å²) >= 11 is 0. The molecule has 0 spiro atoms. The van der Waals surface area contributed by atoms with E-state index in [2.05, 4.69) is 4.98 Å². The molecule has 0 aliphatic heterocycles. The van der Waals surface area contributed by atoms with E-state index in [4.69, 9.17) is 4.74 Å². The van der Waals surface area contributed by atoms with Crippen LogP contribution >= 0.6 is 0 Å². The van der Waals surface area contributed by atoms with E-state index in [0.717, 1.165) is 27.6 Å². The van der Waals surface area contributed by atoms with Crippen LogP contribution in [0.4, 0.5) is 0 Å². The van der Waals surface area contributed by atoms with Gasteiger partial charge in [0, 0.05) is 22.5 Å². The predicted molar refractivity (Wildman–Crippen MR) is 77.2 cm³/mol. The Kier molecular flexibility index (Phi) is 2.18. The van der Waals surface area contributed by atoms with E-state index in [1.807, 2.05) is 42.5 Å². The standard InChI is InChI=1S/C17H11NO2/c1-20-14-7-6-11-10-4-2-3-5-12(10)17(19)16-15(11)13(14)8-9-18-16/h2-9H,1H3. The molecule has 3 nitrogen and oxygen atoms in total. The van der Waals surface area contributed by atoms with E-state index in [1.165, 1.54) is 0 Å². The lowest BCUT2D eigenvalue weighted by Crippen LogP contribution is -2.11. The third-order valence-corrected chi connectivity index (χ3v) is 3.78. The first-order valence-electron chi connectivity index (χ1n) is 6.41. The van der Waals surface area contributed by atoms with Crippen LogP contribution in [0.5, 0.6) is 5.75 Å². The molecule has 3 heteroatoms. The Morgan fingerprint density at radius 3 is 2.55 bits per heavy atom. The zero-order valence-electron chi connectivity index (χ0n) is 10.9. The summed E-state index contributed by atoms with van der Waals surface area (Å²) < 4.78 is 5.39. The second-order valence-corrected chi connectivity index (χ2v) is 4.77. The summed E-state index contributed by atoms with van der Waals surface area (Å²) in [6.07, 6.45) is 1.66. The van der Waals surface area contributed by atoms with Gasteiger partial charge in [-0.05, 0) is 29.3 Å². The smallest absolute Gasteiger partial charge is 0.212 e. The minimum atomic E-state index is -0.0213. The molecule has 1 aromatic heterocycles. The molecule has 20 heavy (non-hydrogen) atoms. The molecular formula is C17H11NO2. The molecule has 4 rings (SSSR count). The SMILES string of the molecule is COc1ccc2c3c(nccc13)C(=O)c1ccccc1-2. The summed E-state index contributed by atoms with van der Waals surface area (Å²) in [5.41, 5.74) is 3.23. The van der Waals surface area contributed by atoms with Gasteiger partial charge < -0.3 is 4.74 Å². The molecule has 0 atom stereocenters. The number of ketones is 1. The van der Waals surface area contributed by atoms with Gasteiger partial charge in [-0.2, -0.15) is 0 Å². The Morgan fingerprint density at radius 1 is 0.950 bits per heavy atom. The zero-order valence-corrected chi connectivity index (χ0v) is 10.9. The molecular weight excluding hydrogens is 250 g/mol. The van der Waals surface area contributed by atoms with Crippen molar-refractivity contribution < 1.29 is 9.53 Å². The molecule has 0 unspecified atom stereocenters. The predicted octanol–water partition coefficient (Wildman–Crippen LogP) is 3.45. The molecule has 0 bridgehead atoms. The molecule has 0 saturated heterocycles. The van der Waals surface area contributed by atoms with Crippen LogP contribution in [0.1, 0.15) is 16.1 Å². The van der Waals surface area contributed by atoms with Gasteiger partial charge >= 0.3 is 0 Å². The fraction of sp³-hybridized carbons (Fsp3) is 0.0588. The molecule has 0 radical (unpaired) electrons. The van der Waals surface area contributed by atoms with Crippen molar-refractivity contribution in [3.8, 4) is 16.9 Å². The molecule has 0 fully saturated rings. The zero-order chi connectivity index (χ0) is 13.7. The maximum absolute atomic E-state index is 12.6. The van der Waals surface area contributed by atoms with Crippen molar-refractivity contribution in [2.45, 2.75) is 0 Å². The summed E-state index contributed by atoms with van der Waals surface area (Å²) in [5.74, 6) is 0.742. The maximum atomic E-state index is 12.6. The van der Waals surface area contributed by atoms with Crippen LogP contribution in [0, 0.1) is 0 Å². The van der Waals surface area contributed by atoms with Gasteiger partial charge in [0.25, 0.3) is 0 Å². The van der Waals surface area contributed by atoms with Gasteiger partial charge in [-0.25, -0.2) is 0 Å². The molecule has 1 aliphatic carbocycles. The summed E-state index contributed by atoms with van der Waals surface area (Å²) in [6.45, 7) is 0. The molecule has 2 aromatic carbocycles. The average Bonchev–Trinajstić information content (AvgIpc) is 2.52. The first kappa shape index (κ1) is 11.2. The van der Waals surface area contributed by atoms with Crippen LogP contribution in [0.15, 0.2) is 48.7 Å². The normalized spacial score (nSPS) is 12.3. The monoisotopic (exact) mass is 261 g/mol. The third kappa shape index (κ3) is 1.29. The van der Waals surface area contributed by atoms with Crippen molar-refractivity contribution in [1.82, 2.24) is 4.98 Å². The number of pyridine rings is 1. The second kappa shape index (κ2) is 3.90. The van der Waals surface area contributed by atoms with E-state index >= 15 is 0 Å². The maximum Gasteiger partial charge on any atom is 0.212 e. The molecule has 96 valence electrons. The lowest BCUT2D eigenvalue weighted by molar-refractivity contribution is 0.103. The Bertz CT molecular complexity index is 868. The van der Waals surface area contributed by atoms with Crippen LogP contribution in [0.3, 0.4) is 0 Å². The van der Waals surface area contributed by atoms with E-state index in [0.29, 0.717) is 11.3 Å². The van der Waals surface area contributed by atoms with Crippen LogP contribution in [0.2, 0.25) is 0 Å². The summed E-state index contributed by atoms with van der Waals surface area (Å²) in [6, 6.07) is 13.5. The topological polar surface area (TPSA) is 39.2 Å². The lowest BCUT2D eigenvalue weighted by Gasteiger charge is -2.19. The average molecular weight is 261 g/mol. The number of aromatic nitrogens is 1. The molecule has 0 N–H and O–H groups in total. The number of methoxy groups -OCH3 is 1. The minimum Gasteiger partial charge on any atom is -0.496 e. The Morgan fingerprint density at radius 2 is 1.75 bits per heavy atom. The highest BCUT2D eigenvalue weighted by Gasteiger charge is 2.26. The number of carbonyl (C=O) groups is 1. The van der Waals surface area contributed by atoms with Crippen molar-refractivity contribution in [2.75, 3.05) is 7.11 Å². The van der Waals surface area contributed by atoms with E-state index in [-0.39, 0.29) is 5.78 Å². The Labute approximate surface area is 115 Å². The van der Waals surface area contributed by atoms with Crippen molar-refractivity contribution in [3.05, 3.63) is 59.9 Å². The fourth-order valence-electron chi connectivity index (χ4n) is 2.89. The van der Waals surface area contributed by atoms with Gasteiger partial charge in [0.1, 0.15) is 11.4 Å². The largest absolute Gasteiger partial charge is 0.496 e. The van der Waals surface area contributed by atoms with Gasteiger partial charge in [0.2, 0.25) is 5.78 Å². The van der Waals surface area contributed by atoms with Crippen LogP contribution < -0.4 is 4.74 Å². The van der Waals surface area contributed by atoms with E-state index in [1.54, 1.807) is 13.3 Å². The number of hydrogen-bond donors (Lipinski definition) is 0. The fourth-order valence-corrected chi connectivity index (χ4v) is 2.89. The number of rotatable bonds is 1. The summed E-state index contributed by atoms with van der Waals surface area (Å²) in [4.78, 5) is 16.9. The van der Waals surface area contributed by atoms with Crippen molar-refractivity contribution in [2.24, 2.45) is 0 Å². The van der Waals surface area contributed by atoms with Crippen molar-refractivity contribution in [1.29, 1.82) is 0 Å². The molecule has 0 saturated carbocycles. The molecule has 0 amide bonds. The highest BCUT2D eigenvalue weighted by atomic mass is 16.5. The van der Waals surface area contributed by atoms with E-state index in [9.17, 15) is 4.79 Å². The van der Waals surface area contributed by atoms with Gasteiger partial charge in [-0.15, -0.1) is 0 Å². The van der Waals surface area contributed by atoms with Crippen molar-refractivity contribution in [3.63, 3.8) is 0 Å². The Balaban J connectivity index is 2.23. The molecule has 1 heterocycles. The van der Waals surface area contributed by atoms with Crippen LogP contribution in [-0.2, 0) is 0 Å². The number of hydrogen-bond acceptors (Lipinski definition) is 3. The third-order valence-electron chi connectivity index (χ3n) is 3.78.